The summed E-state index contributed by atoms with van der Waals surface area (Å²) in [5, 5.41) is 8.42. The van der Waals surface area contributed by atoms with Gasteiger partial charge in [-0.05, 0) is 24.3 Å². The Morgan fingerprint density at radius 3 is 2.60 bits per heavy atom. The van der Waals surface area contributed by atoms with Crippen LogP contribution in [-0.4, -0.2) is 10.2 Å². The van der Waals surface area contributed by atoms with Gasteiger partial charge in [-0.1, -0.05) is 11.6 Å². The largest absolute Gasteiger partial charge is 0.425 e. The Hall–Kier alpha value is -1.00. The molecular weight excluding hydrogens is 232 g/mol. The number of nitrogens with zero attached hydrogens (tertiary/aromatic N) is 2. The molecule has 3 nitrogen and oxygen atoms in total. The summed E-state index contributed by atoms with van der Waals surface area (Å²) in [6.07, 6.45) is 0. The van der Waals surface area contributed by atoms with Crippen LogP contribution in [0.2, 0.25) is 5.02 Å². The first-order valence-corrected chi connectivity index (χ1v) is 5.78. The number of halogens is 1. The summed E-state index contributed by atoms with van der Waals surface area (Å²) in [6.45, 7) is 1.78. The summed E-state index contributed by atoms with van der Waals surface area (Å²) < 4.78 is 5.26. The highest BCUT2D eigenvalue weighted by Crippen LogP contribution is 2.23. The highest BCUT2D eigenvalue weighted by molar-refractivity contribution is 7.98. The van der Waals surface area contributed by atoms with Gasteiger partial charge < -0.3 is 4.42 Å². The number of hydrogen-bond donors (Lipinski definition) is 0. The fourth-order valence-corrected chi connectivity index (χ4v) is 1.93. The summed E-state index contributed by atoms with van der Waals surface area (Å²) in [5.74, 6) is 1.93. The highest BCUT2D eigenvalue weighted by Gasteiger charge is 2.02. The van der Waals surface area contributed by atoms with Crippen LogP contribution in [0.1, 0.15) is 11.8 Å². The van der Waals surface area contributed by atoms with Crippen molar-refractivity contribution in [3.05, 3.63) is 41.1 Å². The smallest absolute Gasteiger partial charge is 0.226 e. The minimum atomic E-state index is 0.599. The van der Waals surface area contributed by atoms with Crippen molar-refractivity contribution in [3.8, 4) is 0 Å². The predicted octanol–water partition coefficient (Wildman–Crippen LogP) is 3.32. The van der Waals surface area contributed by atoms with Crippen molar-refractivity contribution in [2.75, 3.05) is 0 Å². The maximum Gasteiger partial charge on any atom is 0.226 e. The Balaban J connectivity index is 1.96. The summed E-state index contributed by atoms with van der Waals surface area (Å²) >= 11 is 7.42. The van der Waals surface area contributed by atoms with Gasteiger partial charge in [-0.2, -0.15) is 0 Å². The average Bonchev–Trinajstić information content (AvgIpc) is 2.64. The SMILES string of the molecule is Cc1nnc(CSc2ccc(Cl)cc2)o1. The molecule has 0 atom stereocenters. The number of rotatable bonds is 3. The molecular formula is C10H9ClN2OS. The molecule has 0 aliphatic carbocycles. The lowest BCUT2D eigenvalue weighted by Crippen LogP contribution is -1.80. The van der Waals surface area contributed by atoms with Crippen molar-refractivity contribution in [3.63, 3.8) is 0 Å². The quantitative estimate of drug-likeness (QED) is 0.772. The van der Waals surface area contributed by atoms with E-state index in [1.54, 1.807) is 18.7 Å². The van der Waals surface area contributed by atoms with Crippen LogP contribution in [0.3, 0.4) is 0 Å². The van der Waals surface area contributed by atoms with Crippen molar-refractivity contribution in [2.45, 2.75) is 17.6 Å². The van der Waals surface area contributed by atoms with Gasteiger partial charge in [0.15, 0.2) is 0 Å². The van der Waals surface area contributed by atoms with Crippen LogP contribution in [-0.2, 0) is 5.75 Å². The second kappa shape index (κ2) is 4.68. The van der Waals surface area contributed by atoms with E-state index in [4.69, 9.17) is 16.0 Å². The van der Waals surface area contributed by atoms with Crippen molar-refractivity contribution in [2.24, 2.45) is 0 Å². The third-order valence-electron chi connectivity index (χ3n) is 1.74. The van der Waals surface area contributed by atoms with Gasteiger partial charge >= 0.3 is 0 Å². The average molecular weight is 241 g/mol. The van der Waals surface area contributed by atoms with Gasteiger partial charge in [0, 0.05) is 16.8 Å². The van der Waals surface area contributed by atoms with E-state index in [-0.39, 0.29) is 0 Å². The van der Waals surface area contributed by atoms with Crippen LogP contribution >= 0.6 is 23.4 Å². The van der Waals surface area contributed by atoms with Crippen molar-refractivity contribution in [1.29, 1.82) is 0 Å². The van der Waals surface area contributed by atoms with Crippen LogP contribution in [0.4, 0.5) is 0 Å². The lowest BCUT2D eigenvalue weighted by atomic mass is 10.4. The zero-order chi connectivity index (χ0) is 10.7. The third kappa shape index (κ3) is 2.97. The van der Waals surface area contributed by atoms with Crippen molar-refractivity contribution >= 4 is 23.4 Å². The van der Waals surface area contributed by atoms with Gasteiger partial charge in [0.2, 0.25) is 11.8 Å². The molecule has 1 heterocycles. The molecule has 0 radical (unpaired) electrons. The number of aromatic nitrogens is 2. The van der Waals surface area contributed by atoms with Crippen molar-refractivity contribution < 1.29 is 4.42 Å². The normalized spacial score (nSPS) is 10.5. The Morgan fingerprint density at radius 2 is 2.00 bits per heavy atom. The van der Waals surface area contributed by atoms with Crippen LogP contribution in [0.25, 0.3) is 0 Å². The van der Waals surface area contributed by atoms with Gasteiger partial charge in [0.25, 0.3) is 0 Å². The first-order valence-electron chi connectivity index (χ1n) is 4.41. The topological polar surface area (TPSA) is 38.9 Å². The molecule has 5 heteroatoms. The lowest BCUT2D eigenvalue weighted by molar-refractivity contribution is 0.485. The molecule has 2 aromatic rings. The van der Waals surface area contributed by atoms with Crippen molar-refractivity contribution in [1.82, 2.24) is 10.2 Å². The predicted molar refractivity (Wildman–Crippen MR) is 60.0 cm³/mol. The molecule has 0 fully saturated rings. The molecule has 0 spiro atoms. The Bertz CT molecular complexity index is 441. The zero-order valence-corrected chi connectivity index (χ0v) is 9.68. The molecule has 78 valence electrons. The van der Waals surface area contributed by atoms with Gasteiger partial charge in [-0.25, -0.2) is 0 Å². The maximum absolute atomic E-state index is 5.78. The Morgan fingerprint density at radius 1 is 1.27 bits per heavy atom. The van der Waals surface area contributed by atoms with Crippen LogP contribution < -0.4 is 0 Å². The Labute approximate surface area is 96.8 Å². The third-order valence-corrected chi connectivity index (χ3v) is 2.99. The highest BCUT2D eigenvalue weighted by atomic mass is 35.5. The van der Waals surface area contributed by atoms with E-state index in [1.165, 1.54) is 0 Å². The second-order valence-electron chi connectivity index (χ2n) is 2.96. The standard InChI is InChI=1S/C10H9ClN2OS/c1-7-12-13-10(14-7)6-15-9-4-2-8(11)3-5-9/h2-5H,6H2,1H3. The molecule has 0 aliphatic rings. The minimum absolute atomic E-state index is 0.599. The molecule has 0 amide bonds. The molecule has 15 heavy (non-hydrogen) atoms. The van der Waals surface area contributed by atoms with Gasteiger partial charge in [0.05, 0.1) is 5.75 Å². The summed E-state index contributed by atoms with van der Waals surface area (Å²) in [4.78, 5) is 1.13. The summed E-state index contributed by atoms with van der Waals surface area (Å²) in [5.41, 5.74) is 0. The molecule has 0 aliphatic heterocycles. The van der Waals surface area contributed by atoms with Gasteiger partial charge in [-0.15, -0.1) is 22.0 Å². The molecule has 1 aromatic carbocycles. The summed E-state index contributed by atoms with van der Waals surface area (Å²) in [6, 6.07) is 7.67. The van der Waals surface area contributed by atoms with E-state index < -0.39 is 0 Å². The molecule has 2 rings (SSSR count). The maximum atomic E-state index is 5.78. The lowest BCUT2D eigenvalue weighted by Gasteiger charge is -1.97. The fraction of sp³-hybridized carbons (Fsp3) is 0.200. The molecule has 0 saturated heterocycles. The number of benzene rings is 1. The zero-order valence-electron chi connectivity index (χ0n) is 8.11. The first kappa shape index (κ1) is 10.5. The summed E-state index contributed by atoms with van der Waals surface area (Å²) in [7, 11) is 0. The second-order valence-corrected chi connectivity index (χ2v) is 4.44. The van der Waals surface area contributed by atoms with Crippen LogP contribution in [0.5, 0.6) is 0 Å². The van der Waals surface area contributed by atoms with Gasteiger partial charge in [-0.3, -0.25) is 0 Å². The molecule has 0 bridgehead atoms. The van der Waals surface area contributed by atoms with E-state index in [1.807, 2.05) is 24.3 Å². The minimum Gasteiger partial charge on any atom is -0.425 e. The number of aryl methyl sites for hydroxylation is 1. The van der Waals surface area contributed by atoms with E-state index in [2.05, 4.69) is 10.2 Å². The fourth-order valence-electron chi connectivity index (χ4n) is 1.07. The molecule has 0 N–H and O–H groups in total. The first-order chi connectivity index (χ1) is 7.24. The van der Waals surface area contributed by atoms with E-state index in [9.17, 15) is 0 Å². The number of hydrogen-bond acceptors (Lipinski definition) is 4. The molecule has 0 saturated carbocycles. The number of thioether (sulfide) groups is 1. The molecule has 1 aromatic heterocycles. The van der Waals surface area contributed by atoms with E-state index in [0.29, 0.717) is 17.5 Å². The van der Waals surface area contributed by atoms with E-state index >= 15 is 0 Å². The van der Waals surface area contributed by atoms with Crippen LogP contribution in [0, 0.1) is 6.92 Å². The molecule has 0 unspecified atom stereocenters. The van der Waals surface area contributed by atoms with Crippen LogP contribution in [0.15, 0.2) is 33.6 Å². The van der Waals surface area contributed by atoms with Gasteiger partial charge in [0.1, 0.15) is 0 Å². The van der Waals surface area contributed by atoms with E-state index in [0.717, 1.165) is 9.92 Å². The monoisotopic (exact) mass is 240 g/mol. The Kier molecular flexibility index (Phi) is 3.28.